The number of benzene rings is 1. The van der Waals surface area contributed by atoms with Crippen molar-refractivity contribution in [3.05, 3.63) is 45.4 Å². The monoisotopic (exact) mass is 449 g/mol. The van der Waals surface area contributed by atoms with Gasteiger partial charge in [0.05, 0.1) is 25.3 Å². The van der Waals surface area contributed by atoms with Gasteiger partial charge in [0.1, 0.15) is 17.4 Å². The Morgan fingerprint density at radius 3 is 2.63 bits per heavy atom. The lowest BCUT2D eigenvalue weighted by Gasteiger charge is -2.36. The Morgan fingerprint density at radius 1 is 1.17 bits per heavy atom. The van der Waals surface area contributed by atoms with Gasteiger partial charge < -0.3 is 14.4 Å². The summed E-state index contributed by atoms with van der Waals surface area (Å²) in [6, 6.07) is 7.27. The Bertz CT molecular complexity index is 815. The highest BCUT2D eigenvalue weighted by Gasteiger charge is 2.25. The van der Waals surface area contributed by atoms with E-state index in [9.17, 15) is 4.79 Å². The smallest absolute Gasteiger partial charge is 0.228 e. The van der Waals surface area contributed by atoms with E-state index in [1.54, 1.807) is 12.1 Å². The molecule has 0 unspecified atom stereocenters. The molecule has 1 amide bonds. The van der Waals surface area contributed by atoms with Crippen molar-refractivity contribution in [3.8, 4) is 5.75 Å². The van der Waals surface area contributed by atoms with Crippen molar-refractivity contribution in [2.75, 3.05) is 45.9 Å². The molecule has 2 aromatic rings. The van der Waals surface area contributed by atoms with Crippen molar-refractivity contribution in [1.29, 1.82) is 0 Å². The molecule has 162 valence electrons. The number of morpholine rings is 1. The van der Waals surface area contributed by atoms with Crippen LogP contribution in [0.4, 0.5) is 0 Å². The molecule has 6 nitrogen and oxygen atoms in total. The number of rotatable bonds is 7. The van der Waals surface area contributed by atoms with Crippen LogP contribution in [0, 0.1) is 5.92 Å². The number of thiazole rings is 1. The zero-order chi connectivity index (χ0) is 20.8. The van der Waals surface area contributed by atoms with Gasteiger partial charge in [-0.15, -0.1) is 11.3 Å². The molecule has 8 heteroatoms. The maximum Gasteiger partial charge on any atom is 0.228 e. The first-order valence-electron chi connectivity index (χ1n) is 10.6. The van der Waals surface area contributed by atoms with Crippen LogP contribution >= 0.6 is 22.9 Å². The van der Waals surface area contributed by atoms with Gasteiger partial charge in [-0.3, -0.25) is 9.69 Å². The van der Waals surface area contributed by atoms with E-state index in [1.165, 1.54) is 11.3 Å². The second-order valence-corrected chi connectivity index (χ2v) is 9.27. The number of amides is 1. The van der Waals surface area contributed by atoms with E-state index >= 15 is 0 Å². The fourth-order valence-electron chi connectivity index (χ4n) is 3.95. The van der Waals surface area contributed by atoms with Crippen LogP contribution in [0.2, 0.25) is 5.02 Å². The first-order chi connectivity index (χ1) is 14.7. The Hall–Kier alpha value is -1.67. The molecule has 2 fully saturated rings. The second-order valence-electron chi connectivity index (χ2n) is 7.89. The summed E-state index contributed by atoms with van der Waals surface area (Å²) in [5.74, 6) is 1.62. The molecule has 3 heterocycles. The number of piperidine rings is 1. The summed E-state index contributed by atoms with van der Waals surface area (Å²) < 4.78 is 11.2. The molecule has 0 radical (unpaired) electrons. The van der Waals surface area contributed by atoms with Gasteiger partial charge in [-0.25, -0.2) is 4.98 Å². The molecule has 30 heavy (non-hydrogen) atoms. The Labute approximate surface area is 186 Å². The lowest BCUT2D eigenvalue weighted by atomic mass is 9.95. The van der Waals surface area contributed by atoms with Crippen LogP contribution in [-0.4, -0.2) is 66.6 Å². The first-order valence-corrected chi connectivity index (χ1v) is 11.8. The van der Waals surface area contributed by atoms with Gasteiger partial charge in [0.2, 0.25) is 5.91 Å². The van der Waals surface area contributed by atoms with Gasteiger partial charge in [-0.05, 0) is 43.0 Å². The molecule has 2 aliphatic heterocycles. The minimum absolute atomic E-state index is 0.176. The summed E-state index contributed by atoms with van der Waals surface area (Å²) in [6.07, 6.45) is 2.53. The van der Waals surface area contributed by atoms with E-state index in [1.807, 2.05) is 22.4 Å². The summed E-state index contributed by atoms with van der Waals surface area (Å²) in [6.45, 7) is 6.99. The number of carbonyl (C=O) groups is 1. The van der Waals surface area contributed by atoms with Gasteiger partial charge in [-0.2, -0.15) is 0 Å². The summed E-state index contributed by atoms with van der Waals surface area (Å²) in [7, 11) is 0. The molecule has 0 aliphatic carbocycles. The van der Waals surface area contributed by atoms with Crippen LogP contribution in [0.15, 0.2) is 29.6 Å². The highest BCUT2D eigenvalue weighted by Crippen LogP contribution is 2.21. The molecule has 2 aliphatic rings. The quantitative estimate of drug-likeness (QED) is 0.647. The van der Waals surface area contributed by atoms with E-state index in [0.29, 0.717) is 24.0 Å². The predicted molar refractivity (Wildman–Crippen MR) is 118 cm³/mol. The van der Waals surface area contributed by atoms with Crippen LogP contribution in [0.5, 0.6) is 5.75 Å². The fraction of sp³-hybridized carbons (Fsp3) is 0.545. The zero-order valence-electron chi connectivity index (χ0n) is 17.1. The van der Waals surface area contributed by atoms with E-state index < -0.39 is 0 Å². The number of carbonyl (C=O) groups excluding carboxylic acids is 1. The van der Waals surface area contributed by atoms with Gasteiger partial charge in [0.15, 0.2) is 0 Å². The number of nitrogens with zero attached hydrogens (tertiary/aromatic N) is 3. The molecule has 1 aromatic carbocycles. The summed E-state index contributed by atoms with van der Waals surface area (Å²) >= 11 is 7.42. The standard InChI is InChI=1S/C22H28ClN3O3S/c23-18-1-3-20(4-2-18)29-15-21-24-19(16-30-21)13-22(27)26-7-5-17(6-8-26)14-25-9-11-28-12-10-25/h1-4,16-17H,5-15H2. The van der Waals surface area contributed by atoms with Crippen molar-refractivity contribution >= 4 is 28.8 Å². The number of likely N-dealkylation sites (tertiary alicyclic amines) is 1. The van der Waals surface area contributed by atoms with E-state index in [2.05, 4.69) is 9.88 Å². The predicted octanol–water partition coefficient (Wildman–Crippen LogP) is 3.49. The molecule has 2 saturated heterocycles. The van der Waals surface area contributed by atoms with Crippen LogP contribution in [0.25, 0.3) is 0 Å². The summed E-state index contributed by atoms with van der Waals surface area (Å²) in [5.41, 5.74) is 0.829. The van der Waals surface area contributed by atoms with Crippen LogP contribution < -0.4 is 4.74 Å². The van der Waals surface area contributed by atoms with Crippen molar-refractivity contribution in [2.45, 2.75) is 25.9 Å². The maximum absolute atomic E-state index is 12.7. The van der Waals surface area contributed by atoms with Gasteiger partial charge in [-0.1, -0.05) is 11.6 Å². The lowest BCUT2D eigenvalue weighted by molar-refractivity contribution is -0.132. The Kier molecular flexibility index (Phi) is 7.60. The maximum atomic E-state index is 12.7. The number of ether oxygens (including phenoxy) is 2. The first kappa shape index (κ1) is 21.6. The molecular formula is C22H28ClN3O3S. The highest BCUT2D eigenvalue weighted by atomic mass is 35.5. The SMILES string of the molecule is O=C(Cc1csc(COc2ccc(Cl)cc2)n1)N1CCC(CN2CCOCC2)CC1. The van der Waals surface area contributed by atoms with E-state index in [0.717, 1.165) is 75.2 Å². The highest BCUT2D eigenvalue weighted by molar-refractivity contribution is 7.09. The Morgan fingerprint density at radius 2 is 1.90 bits per heavy atom. The van der Waals surface area contributed by atoms with E-state index in [4.69, 9.17) is 21.1 Å². The number of halogens is 1. The van der Waals surface area contributed by atoms with E-state index in [-0.39, 0.29) is 5.91 Å². The number of hydrogen-bond donors (Lipinski definition) is 0. The largest absolute Gasteiger partial charge is 0.486 e. The van der Waals surface area contributed by atoms with Gasteiger partial charge >= 0.3 is 0 Å². The normalized spacial score (nSPS) is 18.5. The van der Waals surface area contributed by atoms with Gasteiger partial charge in [0, 0.05) is 43.1 Å². The summed E-state index contributed by atoms with van der Waals surface area (Å²) in [5, 5.41) is 3.52. The molecule has 0 spiro atoms. The number of hydrogen-bond acceptors (Lipinski definition) is 6. The molecule has 4 rings (SSSR count). The minimum atomic E-state index is 0.176. The van der Waals surface area contributed by atoms with Crippen molar-refractivity contribution < 1.29 is 14.3 Å². The Balaban J connectivity index is 1.19. The van der Waals surface area contributed by atoms with Crippen LogP contribution in [0.1, 0.15) is 23.5 Å². The minimum Gasteiger partial charge on any atom is -0.486 e. The molecular weight excluding hydrogens is 422 g/mol. The van der Waals surface area contributed by atoms with Crippen molar-refractivity contribution in [3.63, 3.8) is 0 Å². The molecule has 0 N–H and O–H groups in total. The molecule has 0 bridgehead atoms. The zero-order valence-corrected chi connectivity index (χ0v) is 18.7. The molecule has 0 saturated carbocycles. The van der Waals surface area contributed by atoms with Crippen molar-refractivity contribution in [1.82, 2.24) is 14.8 Å². The summed E-state index contributed by atoms with van der Waals surface area (Å²) in [4.78, 5) is 21.8. The fourth-order valence-corrected chi connectivity index (χ4v) is 4.78. The average Bonchev–Trinajstić information content (AvgIpc) is 3.22. The average molecular weight is 450 g/mol. The topological polar surface area (TPSA) is 54.9 Å². The van der Waals surface area contributed by atoms with Gasteiger partial charge in [0.25, 0.3) is 0 Å². The van der Waals surface area contributed by atoms with Crippen LogP contribution in [0.3, 0.4) is 0 Å². The number of aromatic nitrogens is 1. The molecule has 0 atom stereocenters. The van der Waals surface area contributed by atoms with Crippen LogP contribution in [-0.2, 0) is 22.6 Å². The third kappa shape index (κ3) is 6.17. The third-order valence-electron chi connectivity index (χ3n) is 5.69. The second kappa shape index (κ2) is 10.6. The third-order valence-corrected chi connectivity index (χ3v) is 6.82. The molecule has 1 aromatic heterocycles. The van der Waals surface area contributed by atoms with Crippen molar-refractivity contribution in [2.24, 2.45) is 5.92 Å². The lowest BCUT2D eigenvalue weighted by Crippen LogP contribution is -2.44.